The van der Waals surface area contributed by atoms with Crippen molar-refractivity contribution >= 4 is 31.7 Å². The number of hydrogen-bond donors (Lipinski definition) is 1. The minimum Gasteiger partial charge on any atom is -0.114 e. The highest BCUT2D eigenvalue weighted by atomic mass is 33.1. The Morgan fingerprint density at radius 3 is 2.67 bits per heavy atom. The third-order valence-corrected chi connectivity index (χ3v) is 1.37. The Kier molecular flexibility index (Phi) is 6.72. The molecule has 3 heteroatoms. The van der Waals surface area contributed by atoms with E-state index in [0.717, 1.165) is 5.75 Å². The fourth-order valence-electron chi connectivity index (χ4n) is 0.0986. The van der Waals surface area contributed by atoms with Crippen LogP contribution in [-0.2, 0) is 0 Å². The van der Waals surface area contributed by atoms with Crippen LogP contribution in [-0.4, -0.2) is 5.75 Å². The Bertz CT molecular complexity index is 44.1. The minimum absolute atomic E-state index is 0.993. The van der Waals surface area contributed by atoms with E-state index in [1.54, 1.807) is 0 Å². The highest BCUT2D eigenvalue weighted by molar-refractivity contribution is 8.68. The van der Waals surface area contributed by atoms with Crippen LogP contribution in [0.25, 0.3) is 0 Å². The molecule has 0 nitrogen and oxygen atoms in total. The van der Waals surface area contributed by atoms with E-state index in [4.69, 9.17) is 0 Å². The van der Waals surface area contributed by atoms with E-state index in [2.05, 4.69) is 20.9 Å². The SMILES string of the molecule is P/C=C/CSS. The molecule has 0 N–H and O–H groups in total. The van der Waals surface area contributed by atoms with Gasteiger partial charge in [0.1, 0.15) is 0 Å². The smallest absolute Gasteiger partial charge is 0.0218 e. The summed E-state index contributed by atoms with van der Waals surface area (Å²) < 4.78 is 0. The molecule has 0 rings (SSSR count). The quantitative estimate of drug-likeness (QED) is 0.346. The van der Waals surface area contributed by atoms with Crippen molar-refractivity contribution in [3.63, 3.8) is 0 Å². The molecule has 0 saturated heterocycles. The zero-order valence-electron chi connectivity index (χ0n) is 3.29. The topological polar surface area (TPSA) is 0 Å². The Morgan fingerprint density at radius 1 is 1.83 bits per heavy atom. The summed E-state index contributed by atoms with van der Waals surface area (Å²) in [5.41, 5.74) is 0. The first-order valence-electron chi connectivity index (χ1n) is 1.55. The number of rotatable bonds is 2. The summed E-state index contributed by atoms with van der Waals surface area (Å²) in [7, 11) is 4.02. The molecule has 0 amide bonds. The Hall–Kier alpha value is 0.870. The van der Waals surface area contributed by atoms with Crippen molar-refractivity contribution in [3.05, 3.63) is 11.9 Å². The molecule has 0 aliphatic heterocycles. The third kappa shape index (κ3) is 4.87. The maximum Gasteiger partial charge on any atom is 0.0218 e. The lowest BCUT2D eigenvalue weighted by Gasteiger charge is -1.75. The van der Waals surface area contributed by atoms with Gasteiger partial charge in [-0.25, -0.2) is 0 Å². The van der Waals surface area contributed by atoms with E-state index >= 15 is 0 Å². The van der Waals surface area contributed by atoms with Gasteiger partial charge in [0.15, 0.2) is 0 Å². The molecule has 0 bridgehead atoms. The van der Waals surface area contributed by atoms with Gasteiger partial charge in [-0.1, -0.05) is 22.7 Å². The van der Waals surface area contributed by atoms with Gasteiger partial charge >= 0.3 is 0 Å². The Labute approximate surface area is 49.8 Å². The zero-order valence-corrected chi connectivity index (χ0v) is 6.16. The molecule has 0 heterocycles. The van der Waals surface area contributed by atoms with E-state index < -0.39 is 0 Å². The van der Waals surface area contributed by atoms with Gasteiger partial charge < -0.3 is 0 Å². The molecule has 0 aromatic heterocycles. The van der Waals surface area contributed by atoms with E-state index in [9.17, 15) is 0 Å². The molecule has 6 heavy (non-hydrogen) atoms. The van der Waals surface area contributed by atoms with Crippen molar-refractivity contribution in [2.75, 3.05) is 5.75 Å². The molecule has 36 valence electrons. The predicted molar refractivity (Wildman–Crippen MR) is 40.3 cm³/mol. The van der Waals surface area contributed by atoms with Crippen molar-refractivity contribution < 1.29 is 0 Å². The summed E-state index contributed by atoms with van der Waals surface area (Å²) >= 11 is 3.91. The van der Waals surface area contributed by atoms with E-state index in [1.807, 2.05) is 11.9 Å². The standard InChI is InChI=1S/C3H7PS2/c4-2-1-3-6-5/h1-2,5H,3-4H2/b2-1+. The van der Waals surface area contributed by atoms with Gasteiger partial charge in [0.2, 0.25) is 0 Å². The van der Waals surface area contributed by atoms with Crippen LogP contribution in [0.3, 0.4) is 0 Å². The third-order valence-electron chi connectivity index (χ3n) is 0.307. The first kappa shape index (κ1) is 6.87. The van der Waals surface area contributed by atoms with Crippen LogP contribution in [0, 0.1) is 0 Å². The van der Waals surface area contributed by atoms with Crippen LogP contribution in [0.4, 0.5) is 0 Å². The second-order valence-corrected chi connectivity index (χ2v) is 2.47. The van der Waals surface area contributed by atoms with Crippen molar-refractivity contribution in [3.8, 4) is 0 Å². The summed E-state index contributed by atoms with van der Waals surface area (Å²) in [5, 5.41) is 0. The Morgan fingerprint density at radius 2 is 2.50 bits per heavy atom. The van der Waals surface area contributed by atoms with Gasteiger partial charge in [0.05, 0.1) is 0 Å². The van der Waals surface area contributed by atoms with Gasteiger partial charge in [-0.05, 0) is 0 Å². The van der Waals surface area contributed by atoms with Crippen LogP contribution in [0.1, 0.15) is 0 Å². The summed E-state index contributed by atoms with van der Waals surface area (Å²) in [4.78, 5) is 0. The number of thiol groups is 1. The van der Waals surface area contributed by atoms with Gasteiger partial charge in [-0.15, -0.1) is 20.9 Å². The van der Waals surface area contributed by atoms with Crippen LogP contribution in [0.2, 0.25) is 0 Å². The molecule has 0 aliphatic rings. The minimum atomic E-state index is 0.993. The van der Waals surface area contributed by atoms with E-state index in [0.29, 0.717) is 0 Å². The maximum atomic E-state index is 3.91. The average molecular weight is 138 g/mol. The van der Waals surface area contributed by atoms with Crippen molar-refractivity contribution in [1.29, 1.82) is 0 Å². The highest BCUT2D eigenvalue weighted by Crippen LogP contribution is 2.03. The lowest BCUT2D eigenvalue weighted by molar-refractivity contribution is 1.83. The molecule has 1 unspecified atom stereocenters. The van der Waals surface area contributed by atoms with Crippen molar-refractivity contribution in [2.24, 2.45) is 0 Å². The largest absolute Gasteiger partial charge is 0.114 e. The molecule has 0 spiro atoms. The number of hydrogen-bond acceptors (Lipinski definition) is 2. The second kappa shape index (κ2) is 5.87. The molecule has 0 aromatic rings. The normalized spacial score (nSPS) is 10.3. The van der Waals surface area contributed by atoms with Crippen LogP contribution >= 0.6 is 31.7 Å². The average Bonchev–Trinajstić information content (AvgIpc) is 1.61. The van der Waals surface area contributed by atoms with Gasteiger partial charge in [0, 0.05) is 5.75 Å². The maximum absolute atomic E-state index is 3.91. The van der Waals surface area contributed by atoms with Crippen molar-refractivity contribution in [1.82, 2.24) is 0 Å². The van der Waals surface area contributed by atoms with Crippen LogP contribution in [0.5, 0.6) is 0 Å². The Balaban J connectivity index is 2.66. The highest BCUT2D eigenvalue weighted by Gasteiger charge is 1.65. The second-order valence-electron chi connectivity index (χ2n) is 0.724. The van der Waals surface area contributed by atoms with Gasteiger partial charge in [-0.2, -0.15) is 0 Å². The van der Waals surface area contributed by atoms with Gasteiger partial charge in [-0.3, -0.25) is 0 Å². The summed E-state index contributed by atoms with van der Waals surface area (Å²) in [6.45, 7) is 0. The molecule has 0 aromatic carbocycles. The molecule has 0 saturated carbocycles. The fourth-order valence-corrected chi connectivity index (χ4v) is 0.887. The van der Waals surface area contributed by atoms with Crippen LogP contribution < -0.4 is 0 Å². The van der Waals surface area contributed by atoms with Gasteiger partial charge in [0.25, 0.3) is 0 Å². The van der Waals surface area contributed by atoms with Crippen LogP contribution in [0.15, 0.2) is 11.9 Å². The lowest BCUT2D eigenvalue weighted by Crippen LogP contribution is -1.54. The van der Waals surface area contributed by atoms with E-state index in [1.165, 1.54) is 10.8 Å². The molecule has 0 fully saturated rings. The molecule has 0 aliphatic carbocycles. The molecular weight excluding hydrogens is 131 g/mol. The summed E-state index contributed by atoms with van der Waals surface area (Å²) in [5.74, 6) is 2.93. The van der Waals surface area contributed by atoms with Crippen molar-refractivity contribution in [2.45, 2.75) is 0 Å². The molecule has 0 radical (unpaired) electrons. The van der Waals surface area contributed by atoms with E-state index in [-0.39, 0.29) is 0 Å². The summed E-state index contributed by atoms with van der Waals surface area (Å²) in [6, 6.07) is 0. The first-order chi connectivity index (χ1) is 2.91. The predicted octanol–water partition coefficient (Wildman–Crippen LogP) is 1.95. The summed E-state index contributed by atoms with van der Waals surface area (Å²) in [6.07, 6.45) is 2.03. The first-order valence-corrected chi connectivity index (χ1v) is 4.25. The lowest BCUT2D eigenvalue weighted by atomic mass is 10.8. The molecular formula is C3H7PS2. The monoisotopic (exact) mass is 138 g/mol. The zero-order chi connectivity index (χ0) is 4.83. The molecule has 1 atom stereocenters. The fraction of sp³-hybridized carbons (Fsp3) is 0.333.